The molecule has 0 aliphatic carbocycles. The number of fused-ring (bicyclic) bond motifs is 1. The van der Waals surface area contributed by atoms with Crippen LogP contribution in [0.1, 0.15) is 16.7 Å². The van der Waals surface area contributed by atoms with Crippen molar-refractivity contribution in [3.63, 3.8) is 0 Å². The first-order valence-electron chi connectivity index (χ1n) is 7.84. The first kappa shape index (κ1) is 15.6. The van der Waals surface area contributed by atoms with Gasteiger partial charge in [0.2, 0.25) is 0 Å². The summed E-state index contributed by atoms with van der Waals surface area (Å²) in [5, 5.41) is 9.58. The molecule has 1 heterocycles. The van der Waals surface area contributed by atoms with E-state index in [2.05, 4.69) is 40.1 Å². The van der Waals surface area contributed by atoms with Gasteiger partial charge in [-0.2, -0.15) is 0 Å². The Morgan fingerprint density at radius 1 is 1.13 bits per heavy atom. The van der Waals surface area contributed by atoms with Crippen LogP contribution in [0.25, 0.3) is 0 Å². The van der Waals surface area contributed by atoms with Gasteiger partial charge >= 0.3 is 5.97 Å². The van der Waals surface area contributed by atoms with Gasteiger partial charge in [-0.3, -0.25) is 9.69 Å². The van der Waals surface area contributed by atoms with Gasteiger partial charge in [-0.25, -0.2) is 0 Å². The summed E-state index contributed by atoms with van der Waals surface area (Å²) in [6.07, 6.45) is 0.571. The third-order valence-corrected chi connectivity index (χ3v) is 4.47. The number of hydrogen-bond donors (Lipinski definition) is 1. The third-order valence-electron chi connectivity index (χ3n) is 4.47. The molecule has 0 saturated carbocycles. The monoisotopic (exact) mass is 310 g/mol. The zero-order valence-electron chi connectivity index (χ0n) is 13.6. The van der Waals surface area contributed by atoms with E-state index in [1.807, 2.05) is 32.3 Å². The lowest BCUT2D eigenvalue weighted by Crippen LogP contribution is -2.44. The van der Waals surface area contributed by atoms with E-state index < -0.39 is 12.0 Å². The molecular formula is C19H22N2O2. The van der Waals surface area contributed by atoms with E-state index in [9.17, 15) is 9.90 Å². The van der Waals surface area contributed by atoms with Crippen LogP contribution in [0, 0.1) is 0 Å². The van der Waals surface area contributed by atoms with E-state index >= 15 is 0 Å². The molecule has 23 heavy (non-hydrogen) atoms. The Morgan fingerprint density at radius 2 is 1.78 bits per heavy atom. The van der Waals surface area contributed by atoms with E-state index in [1.54, 1.807) is 0 Å². The van der Waals surface area contributed by atoms with Crippen molar-refractivity contribution in [3.8, 4) is 0 Å². The number of anilines is 1. The standard InChI is InChI=1S/C19H22N2O2/c1-20(2)17-9-7-14(8-10-17)12-21-13-16-6-4-3-5-15(16)11-18(21)19(22)23/h3-10,18H,11-13H2,1-2H3,(H,22,23). The van der Waals surface area contributed by atoms with Gasteiger partial charge in [0.1, 0.15) is 6.04 Å². The highest BCUT2D eigenvalue weighted by Gasteiger charge is 2.31. The van der Waals surface area contributed by atoms with Crippen molar-refractivity contribution in [1.82, 2.24) is 4.90 Å². The molecular weight excluding hydrogens is 288 g/mol. The molecule has 1 aliphatic heterocycles. The largest absolute Gasteiger partial charge is 0.480 e. The van der Waals surface area contributed by atoms with E-state index in [0.717, 1.165) is 16.8 Å². The Labute approximate surface area is 137 Å². The second-order valence-electron chi connectivity index (χ2n) is 6.29. The Bertz CT molecular complexity index is 695. The fraction of sp³-hybridized carbons (Fsp3) is 0.316. The highest BCUT2D eigenvalue weighted by molar-refractivity contribution is 5.74. The Morgan fingerprint density at radius 3 is 2.39 bits per heavy atom. The van der Waals surface area contributed by atoms with Crippen LogP contribution >= 0.6 is 0 Å². The van der Waals surface area contributed by atoms with Gasteiger partial charge in [-0.1, -0.05) is 36.4 Å². The summed E-state index contributed by atoms with van der Waals surface area (Å²) < 4.78 is 0. The van der Waals surface area contributed by atoms with Crippen LogP contribution in [0.4, 0.5) is 5.69 Å². The summed E-state index contributed by atoms with van der Waals surface area (Å²) in [7, 11) is 4.02. The van der Waals surface area contributed by atoms with E-state index in [1.165, 1.54) is 5.56 Å². The fourth-order valence-corrected chi connectivity index (χ4v) is 3.12. The van der Waals surface area contributed by atoms with E-state index in [-0.39, 0.29) is 0 Å². The number of aliphatic carboxylic acids is 1. The summed E-state index contributed by atoms with van der Waals surface area (Å²) in [6.45, 7) is 1.33. The maximum absolute atomic E-state index is 11.7. The fourth-order valence-electron chi connectivity index (χ4n) is 3.12. The molecule has 0 radical (unpaired) electrons. The van der Waals surface area contributed by atoms with Crippen molar-refractivity contribution >= 4 is 11.7 Å². The molecule has 1 N–H and O–H groups in total. The van der Waals surface area contributed by atoms with Crippen LogP contribution < -0.4 is 4.90 Å². The molecule has 1 atom stereocenters. The molecule has 0 bridgehead atoms. The second kappa shape index (κ2) is 6.42. The molecule has 0 fully saturated rings. The maximum Gasteiger partial charge on any atom is 0.321 e. The van der Waals surface area contributed by atoms with Gasteiger partial charge in [0.05, 0.1) is 0 Å². The number of nitrogens with zero attached hydrogens (tertiary/aromatic N) is 2. The van der Waals surface area contributed by atoms with E-state index in [4.69, 9.17) is 0 Å². The molecule has 2 aromatic rings. The van der Waals surface area contributed by atoms with Gasteiger partial charge in [-0.05, 0) is 35.2 Å². The van der Waals surface area contributed by atoms with Crippen LogP contribution in [0.15, 0.2) is 48.5 Å². The first-order valence-corrected chi connectivity index (χ1v) is 7.84. The van der Waals surface area contributed by atoms with Crippen molar-refractivity contribution in [2.45, 2.75) is 25.6 Å². The number of hydrogen-bond acceptors (Lipinski definition) is 3. The maximum atomic E-state index is 11.7. The van der Waals surface area contributed by atoms with Crippen molar-refractivity contribution in [2.24, 2.45) is 0 Å². The lowest BCUT2D eigenvalue weighted by Gasteiger charge is -2.34. The average molecular weight is 310 g/mol. The summed E-state index contributed by atoms with van der Waals surface area (Å²) in [6, 6.07) is 16.0. The van der Waals surface area contributed by atoms with Crippen molar-refractivity contribution in [3.05, 3.63) is 65.2 Å². The van der Waals surface area contributed by atoms with Crippen molar-refractivity contribution in [2.75, 3.05) is 19.0 Å². The molecule has 4 nitrogen and oxygen atoms in total. The SMILES string of the molecule is CN(C)c1ccc(CN2Cc3ccccc3CC2C(=O)O)cc1. The number of benzene rings is 2. The second-order valence-corrected chi connectivity index (χ2v) is 6.29. The minimum absolute atomic E-state index is 0.460. The van der Waals surface area contributed by atoms with Crippen LogP contribution in [-0.2, 0) is 24.3 Å². The van der Waals surface area contributed by atoms with Crippen LogP contribution in [0.3, 0.4) is 0 Å². The molecule has 2 aromatic carbocycles. The predicted molar refractivity (Wildman–Crippen MR) is 91.6 cm³/mol. The molecule has 1 aliphatic rings. The van der Waals surface area contributed by atoms with E-state index in [0.29, 0.717) is 19.5 Å². The van der Waals surface area contributed by atoms with Gasteiger partial charge in [0.25, 0.3) is 0 Å². The minimum Gasteiger partial charge on any atom is -0.480 e. The van der Waals surface area contributed by atoms with Crippen LogP contribution in [0.2, 0.25) is 0 Å². The molecule has 3 rings (SSSR count). The summed E-state index contributed by atoms with van der Waals surface area (Å²) >= 11 is 0. The zero-order valence-corrected chi connectivity index (χ0v) is 13.6. The zero-order chi connectivity index (χ0) is 16.4. The van der Waals surface area contributed by atoms with Gasteiger partial charge < -0.3 is 10.0 Å². The van der Waals surface area contributed by atoms with Crippen molar-refractivity contribution in [1.29, 1.82) is 0 Å². The molecule has 1 unspecified atom stereocenters. The number of carbonyl (C=O) groups is 1. The van der Waals surface area contributed by atoms with Gasteiger partial charge in [0.15, 0.2) is 0 Å². The predicted octanol–water partition coefficient (Wildman–Crippen LogP) is 2.76. The first-order chi connectivity index (χ1) is 11.0. The van der Waals surface area contributed by atoms with Gasteiger partial charge in [0, 0.05) is 32.9 Å². The average Bonchev–Trinajstić information content (AvgIpc) is 2.54. The number of carboxylic acid groups (broad SMARTS) is 1. The molecule has 0 spiro atoms. The lowest BCUT2D eigenvalue weighted by atomic mass is 9.93. The molecule has 0 saturated heterocycles. The molecule has 4 heteroatoms. The number of carboxylic acids is 1. The smallest absolute Gasteiger partial charge is 0.321 e. The Hall–Kier alpha value is -2.33. The minimum atomic E-state index is -0.746. The topological polar surface area (TPSA) is 43.8 Å². The molecule has 0 amide bonds. The molecule has 120 valence electrons. The summed E-state index contributed by atoms with van der Waals surface area (Å²) in [5.41, 5.74) is 4.67. The van der Waals surface area contributed by atoms with Crippen LogP contribution in [0.5, 0.6) is 0 Å². The quantitative estimate of drug-likeness (QED) is 0.943. The van der Waals surface area contributed by atoms with Crippen molar-refractivity contribution < 1.29 is 9.90 Å². The number of rotatable bonds is 4. The lowest BCUT2D eigenvalue weighted by molar-refractivity contribution is -0.144. The normalized spacial score (nSPS) is 17.6. The third kappa shape index (κ3) is 3.37. The highest BCUT2D eigenvalue weighted by Crippen LogP contribution is 2.25. The Kier molecular flexibility index (Phi) is 4.35. The van der Waals surface area contributed by atoms with Crippen LogP contribution in [-0.4, -0.2) is 36.1 Å². The Balaban J connectivity index is 1.81. The molecule has 0 aromatic heterocycles. The summed E-state index contributed by atoms with van der Waals surface area (Å²) in [5.74, 6) is -0.746. The van der Waals surface area contributed by atoms with Gasteiger partial charge in [-0.15, -0.1) is 0 Å². The highest BCUT2D eigenvalue weighted by atomic mass is 16.4. The summed E-state index contributed by atoms with van der Waals surface area (Å²) in [4.78, 5) is 15.8.